The first-order chi connectivity index (χ1) is 9.53. The Balaban J connectivity index is 1.87. The zero-order chi connectivity index (χ0) is 14.6. The predicted octanol–water partition coefficient (Wildman–Crippen LogP) is 2.12. The molecule has 6 heteroatoms. The zero-order valence-electron chi connectivity index (χ0n) is 12.5. The van der Waals surface area contributed by atoms with E-state index in [1.165, 1.54) is 5.56 Å². The Labute approximate surface area is 122 Å². The normalized spacial score (nSPS) is 18.5. The number of aromatic nitrogens is 2. The molecule has 0 aliphatic carbocycles. The van der Waals surface area contributed by atoms with Crippen LogP contribution in [0.5, 0.6) is 0 Å². The van der Waals surface area contributed by atoms with E-state index < -0.39 is 10.0 Å². The van der Waals surface area contributed by atoms with E-state index in [-0.39, 0.29) is 0 Å². The third-order valence-electron chi connectivity index (χ3n) is 4.05. The van der Waals surface area contributed by atoms with Crippen molar-refractivity contribution in [1.29, 1.82) is 0 Å². The second kappa shape index (κ2) is 6.72. The van der Waals surface area contributed by atoms with Gasteiger partial charge in [0.05, 0.1) is 11.9 Å². The predicted molar refractivity (Wildman–Crippen MR) is 80.1 cm³/mol. The van der Waals surface area contributed by atoms with Gasteiger partial charge in [0, 0.05) is 26.3 Å². The lowest BCUT2D eigenvalue weighted by Gasteiger charge is -2.30. The van der Waals surface area contributed by atoms with Crippen molar-refractivity contribution in [2.45, 2.75) is 44.9 Å². The molecule has 1 saturated heterocycles. The second-order valence-electron chi connectivity index (χ2n) is 5.64. The number of hydrogen-bond donors (Lipinski definition) is 0. The highest BCUT2D eigenvalue weighted by Crippen LogP contribution is 2.28. The van der Waals surface area contributed by atoms with Crippen LogP contribution < -0.4 is 0 Å². The minimum absolute atomic E-state index is 0.304. The molecule has 2 rings (SSSR count). The van der Waals surface area contributed by atoms with Crippen LogP contribution in [0.3, 0.4) is 0 Å². The van der Waals surface area contributed by atoms with Crippen molar-refractivity contribution in [3.05, 3.63) is 18.0 Å². The minimum atomic E-state index is -3.04. The summed E-state index contributed by atoms with van der Waals surface area (Å²) in [5.41, 5.74) is 1.23. The molecule has 0 N–H and O–H groups in total. The second-order valence-corrected chi connectivity index (χ2v) is 7.73. The summed E-state index contributed by atoms with van der Waals surface area (Å²) in [5.74, 6) is 0.754. The largest absolute Gasteiger partial charge is 0.276 e. The fourth-order valence-corrected chi connectivity index (χ4v) is 4.38. The Morgan fingerprint density at radius 1 is 1.30 bits per heavy atom. The molecule has 0 atom stereocenters. The van der Waals surface area contributed by atoms with Gasteiger partial charge in [-0.15, -0.1) is 0 Å². The van der Waals surface area contributed by atoms with Crippen LogP contribution in [0.1, 0.15) is 50.5 Å². The standard InChI is InChI=1S/C14H25N3O2S/c1-3-4-5-10-20(18,19)17-8-6-13(7-9-17)14-11-15-16(2)12-14/h11-13H,3-10H2,1-2H3. The van der Waals surface area contributed by atoms with Gasteiger partial charge in [0.15, 0.2) is 0 Å². The summed E-state index contributed by atoms with van der Waals surface area (Å²) in [4.78, 5) is 0. The van der Waals surface area contributed by atoms with Crippen LogP contribution in [0.15, 0.2) is 12.4 Å². The van der Waals surface area contributed by atoms with Gasteiger partial charge < -0.3 is 0 Å². The van der Waals surface area contributed by atoms with Gasteiger partial charge >= 0.3 is 0 Å². The molecule has 5 nitrogen and oxygen atoms in total. The first-order valence-corrected chi connectivity index (χ1v) is 9.10. The maximum absolute atomic E-state index is 12.2. The van der Waals surface area contributed by atoms with Crippen LogP contribution in [0.2, 0.25) is 0 Å². The fourth-order valence-electron chi connectivity index (χ4n) is 2.78. The van der Waals surface area contributed by atoms with E-state index in [4.69, 9.17) is 0 Å². The number of piperidine rings is 1. The molecular formula is C14H25N3O2S. The molecule has 0 bridgehead atoms. The topological polar surface area (TPSA) is 55.2 Å². The van der Waals surface area contributed by atoms with Crippen molar-refractivity contribution in [1.82, 2.24) is 14.1 Å². The summed E-state index contributed by atoms with van der Waals surface area (Å²) in [7, 11) is -1.13. The van der Waals surface area contributed by atoms with E-state index >= 15 is 0 Å². The molecule has 20 heavy (non-hydrogen) atoms. The SMILES string of the molecule is CCCCCS(=O)(=O)N1CCC(c2cnn(C)c2)CC1. The molecule has 0 aromatic carbocycles. The van der Waals surface area contributed by atoms with Crippen molar-refractivity contribution < 1.29 is 8.42 Å². The molecule has 1 aromatic heterocycles. The quantitative estimate of drug-likeness (QED) is 0.756. The average molecular weight is 299 g/mol. The lowest BCUT2D eigenvalue weighted by Crippen LogP contribution is -2.39. The van der Waals surface area contributed by atoms with Crippen LogP contribution in [-0.2, 0) is 17.1 Å². The molecule has 0 unspecified atom stereocenters. The fraction of sp³-hybridized carbons (Fsp3) is 0.786. The summed E-state index contributed by atoms with van der Waals surface area (Å²) in [6, 6.07) is 0. The summed E-state index contributed by atoms with van der Waals surface area (Å²) < 4.78 is 27.9. The number of hydrogen-bond acceptors (Lipinski definition) is 3. The lowest BCUT2D eigenvalue weighted by molar-refractivity contribution is 0.319. The highest BCUT2D eigenvalue weighted by atomic mass is 32.2. The van der Waals surface area contributed by atoms with Gasteiger partial charge in [-0.1, -0.05) is 19.8 Å². The molecule has 2 heterocycles. The maximum atomic E-state index is 12.2. The highest BCUT2D eigenvalue weighted by Gasteiger charge is 2.28. The van der Waals surface area contributed by atoms with E-state index in [1.54, 1.807) is 4.31 Å². The average Bonchev–Trinajstić information content (AvgIpc) is 2.86. The third kappa shape index (κ3) is 3.82. The van der Waals surface area contributed by atoms with E-state index in [0.29, 0.717) is 24.8 Å². The van der Waals surface area contributed by atoms with Gasteiger partial charge in [0.2, 0.25) is 10.0 Å². The molecular weight excluding hydrogens is 274 g/mol. The van der Waals surface area contributed by atoms with Crippen LogP contribution >= 0.6 is 0 Å². The van der Waals surface area contributed by atoms with E-state index in [0.717, 1.165) is 32.1 Å². The summed E-state index contributed by atoms with van der Waals surface area (Å²) in [6.45, 7) is 3.38. The summed E-state index contributed by atoms with van der Waals surface area (Å²) >= 11 is 0. The number of rotatable bonds is 6. The maximum Gasteiger partial charge on any atom is 0.214 e. The number of unbranched alkanes of at least 4 members (excludes halogenated alkanes) is 2. The van der Waals surface area contributed by atoms with Gasteiger partial charge in [0.1, 0.15) is 0 Å². The van der Waals surface area contributed by atoms with E-state index in [9.17, 15) is 8.42 Å². The van der Waals surface area contributed by atoms with E-state index in [1.807, 2.05) is 24.1 Å². The smallest absolute Gasteiger partial charge is 0.214 e. The summed E-state index contributed by atoms with van der Waals surface area (Å²) in [6.07, 6.45) is 8.56. The van der Waals surface area contributed by atoms with Crippen LogP contribution in [0.25, 0.3) is 0 Å². The van der Waals surface area contributed by atoms with Crippen molar-refractivity contribution in [2.75, 3.05) is 18.8 Å². The van der Waals surface area contributed by atoms with Gasteiger partial charge in [-0.3, -0.25) is 4.68 Å². The lowest BCUT2D eigenvalue weighted by atomic mass is 9.93. The molecule has 1 aromatic rings. The van der Waals surface area contributed by atoms with Crippen LogP contribution in [0, 0.1) is 0 Å². The molecule has 0 saturated carbocycles. The zero-order valence-corrected chi connectivity index (χ0v) is 13.3. The van der Waals surface area contributed by atoms with Crippen LogP contribution in [0.4, 0.5) is 0 Å². The third-order valence-corrected chi connectivity index (χ3v) is 6.01. The highest BCUT2D eigenvalue weighted by molar-refractivity contribution is 7.89. The Hall–Kier alpha value is -0.880. The molecule has 1 fully saturated rings. The molecule has 1 aliphatic rings. The Kier molecular flexibility index (Phi) is 5.21. The molecule has 0 spiro atoms. The molecule has 114 valence electrons. The number of sulfonamides is 1. The van der Waals surface area contributed by atoms with Gasteiger partial charge in [-0.2, -0.15) is 5.10 Å². The Morgan fingerprint density at radius 2 is 2.00 bits per heavy atom. The van der Waals surface area contributed by atoms with Crippen LogP contribution in [-0.4, -0.2) is 41.3 Å². The molecule has 0 radical (unpaired) electrons. The van der Waals surface area contributed by atoms with Crippen molar-refractivity contribution in [2.24, 2.45) is 7.05 Å². The minimum Gasteiger partial charge on any atom is -0.276 e. The van der Waals surface area contributed by atoms with Crippen molar-refractivity contribution in [3.63, 3.8) is 0 Å². The van der Waals surface area contributed by atoms with Crippen molar-refractivity contribution >= 4 is 10.0 Å². The number of nitrogens with zero attached hydrogens (tertiary/aromatic N) is 3. The van der Waals surface area contributed by atoms with Gasteiger partial charge in [-0.05, 0) is 30.7 Å². The van der Waals surface area contributed by atoms with Gasteiger partial charge in [0.25, 0.3) is 0 Å². The first kappa shape index (κ1) is 15.5. The monoisotopic (exact) mass is 299 g/mol. The van der Waals surface area contributed by atoms with E-state index in [2.05, 4.69) is 12.0 Å². The first-order valence-electron chi connectivity index (χ1n) is 7.49. The molecule has 0 amide bonds. The number of aryl methyl sites for hydroxylation is 1. The van der Waals surface area contributed by atoms with Crippen molar-refractivity contribution in [3.8, 4) is 0 Å². The Bertz CT molecular complexity index is 516. The Morgan fingerprint density at radius 3 is 2.55 bits per heavy atom. The molecule has 1 aliphatic heterocycles. The summed E-state index contributed by atoms with van der Waals surface area (Å²) in [5, 5.41) is 4.19. The van der Waals surface area contributed by atoms with Gasteiger partial charge in [-0.25, -0.2) is 12.7 Å².